The summed E-state index contributed by atoms with van der Waals surface area (Å²) >= 11 is 1.80. The van der Waals surface area contributed by atoms with Crippen LogP contribution in [-0.2, 0) is 5.75 Å². The molecule has 100 valence electrons. The third kappa shape index (κ3) is 2.78. The van der Waals surface area contributed by atoms with E-state index in [0.29, 0.717) is 0 Å². The van der Waals surface area contributed by atoms with Gasteiger partial charge in [-0.3, -0.25) is 4.98 Å². The molecule has 20 heavy (non-hydrogen) atoms. The molecule has 0 aliphatic heterocycles. The maximum atomic E-state index is 5.78. The van der Waals surface area contributed by atoms with Crippen LogP contribution in [0.2, 0.25) is 0 Å². The van der Waals surface area contributed by atoms with Gasteiger partial charge in [-0.1, -0.05) is 24.3 Å². The number of benzene rings is 2. The summed E-state index contributed by atoms with van der Waals surface area (Å²) < 4.78 is 0. The lowest BCUT2D eigenvalue weighted by molar-refractivity contribution is 1.21. The van der Waals surface area contributed by atoms with Crippen molar-refractivity contribution in [2.45, 2.75) is 17.6 Å². The number of fused-ring (bicyclic) bond motifs is 1. The summed E-state index contributed by atoms with van der Waals surface area (Å²) in [6.07, 6.45) is 0. The molecule has 3 heteroatoms. The molecule has 0 unspecified atom stereocenters. The molecule has 1 aromatic heterocycles. The Hall–Kier alpha value is -2.00. The minimum atomic E-state index is 0.815. The molecule has 3 rings (SSSR count). The van der Waals surface area contributed by atoms with E-state index in [1.165, 1.54) is 15.8 Å². The van der Waals surface area contributed by atoms with Crippen LogP contribution in [-0.4, -0.2) is 4.98 Å². The van der Waals surface area contributed by atoms with Gasteiger partial charge in [0.25, 0.3) is 0 Å². The van der Waals surface area contributed by atoms with Crippen molar-refractivity contribution in [2.75, 3.05) is 5.73 Å². The molecule has 0 aliphatic carbocycles. The van der Waals surface area contributed by atoms with Crippen molar-refractivity contribution in [1.82, 2.24) is 4.98 Å². The minimum Gasteiger partial charge on any atom is -0.399 e. The standard InChI is InChI=1S/C17H16N2S/c1-12-10-14(18)7-9-17(12)20-11-15-8-6-13-4-2-3-5-16(13)19-15/h2-10H,11,18H2,1H3. The normalized spacial score (nSPS) is 10.8. The van der Waals surface area contributed by atoms with E-state index >= 15 is 0 Å². The summed E-state index contributed by atoms with van der Waals surface area (Å²) in [5.74, 6) is 0.871. The Morgan fingerprint density at radius 1 is 1.05 bits per heavy atom. The van der Waals surface area contributed by atoms with Gasteiger partial charge in [-0.15, -0.1) is 11.8 Å². The third-order valence-corrected chi connectivity index (χ3v) is 4.44. The van der Waals surface area contributed by atoms with Gasteiger partial charge in [0.2, 0.25) is 0 Å². The number of aryl methyl sites for hydroxylation is 1. The lowest BCUT2D eigenvalue weighted by atomic mass is 10.2. The fourth-order valence-electron chi connectivity index (χ4n) is 2.17. The van der Waals surface area contributed by atoms with E-state index in [1.54, 1.807) is 11.8 Å². The quantitative estimate of drug-likeness (QED) is 0.570. The first kappa shape index (κ1) is 13.0. The molecule has 0 fully saturated rings. The topological polar surface area (TPSA) is 38.9 Å². The molecule has 2 nitrogen and oxygen atoms in total. The first-order valence-electron chi connectivity index (χ1n) is 6.56. The second-order valence-corrected chi connectivity index (χ2v) is 5.83. The predicted octanol–water partition coefficient (Wildman–Crippen LogP) is 4.42. The first-order chi connectivity index (χ1) is 9.72. The van der Waals surface area contributed by atoms with E-state index in [4.69, 9.17) is 10.7 Å². The number of thioether (sulfide) groups is 1. The van der Waals surface area contributed by atoms with E-state index < -0.39 is 0 Å². The average molecular weight is 280 g/mol. The maximum absolute atomic E-state index is 5.78. The molecule has 0 atom stereocenters. The summed E-state index contributed by atoms with van der Waals surface area (Å²) in [6.45, 7) is 2.09. The van der Waals surface area contributed by atoms with Crippen molar-refractivity contribution in [3.05, 3.63) is 65.9 Å². The van der Waals surface area contributed by atoms with E-state index in [9.17, 15) is 0 Å². The lowest BCUT2D eigenvalue weighted by Crippen LogP contribution is -1.90. The molecule has 1 heterocycles. The lowest BCUT2D eigenvalue weighted by Gasteiger charge is -2.07. The zero-order chi connectivity index (χ0) is 13.9. The fourth-order valence-corrected chi connectivity index (χ4v) is 3.09. The number of nitrogens with zero attached hydrogens (tertiary/aromatic N) is 1. The highest BCUT2D eigenvalue weighted by molar-refractivity contribution is 7.98. The average Bonchev–Trinajstić information content (AvgIpc) is 2.46. The number of anilines is 1. The fraction of sp³-hybridized carbons (Fsp3) is 0.118. The number of rotatable bonds is 3. The minimum absolute atomic E-state index is 0.815. The van der Waals surface area contributed by atoms with Crippen molar-refractivity contribution in [2.24, 2.45) is 0 Å². The van der Waals surface area contributed by atoms with Gasteiger partial charge in [0.1, 0.15) is 0 Å². The number of aromatic nitrogens is 1. The van der Waals surface area contributed by atoms with Gasteiger partial charge in [-0.25, -0.2) is 0 Å². The van der Waals surface area contributed by atoms with Crippen LogP contribution in [0.25, 0.3) is 10.9 Å². The Morgan fingerprint density at radius 2 is 1.90 bits per heavy atom. The molecule has 0 amide bonds. The van der Waals surface area contributed by atoms with Crippen molar-refractivity contribution >= 4 is 28.4 Å². The SMILES string of the molecule is Cc1cc(N)ccc1SCc1ccc2ccccc2n1. The molecular weight excluding hydrogens is 264 g/mol. The van der Waals surface area contributed by atoms with Gasteiger partial charge in [-0.05, 0) is 42.8 Å². The second-order valence-electron chi connectivity index (χ2n) is 4.81. The molecule has 0 saturated carbocycles. The number of nitrogens with two attached hydrogens (primary N) is 1. The zero-order valence-corrected chi connectivity index (χ0v) is 12.2. The van der Waals surface area contributed by atoms with Crippen molar-refractivity contribution in [3.63, 3.8) is 0 Å². The molecule has 2 aromatic carbocycles. The number of para-hydroxylation sites is 1. The van der Waals surface area contributed by atoms with Crippen molar-refractivity contribution in [1.29, 1.82) is 0 Å². The molecule has 0 radical (unpaired) electrons. The van der Waals surface area contributed by atoms with E-state index in [-0.39, 0.29) is 0 Å². The highest BCUT2D eigenvalue weighted by atomic mass is 32.2. The predicted molar refractivity (Wildman–Crippen MR) is 86.9 cm³/mol. The summed E-state index contributed by atoms with van der Waals surface area (Å²) in [5.41, 5.74) is 9.97. The van der Waals surface area contributed by atoms with Crippen LogP contribution < -0.4 is 5.73 Å². The van der Waals surface area contributed by atoms with Crippen LogP contribution in [0, 0.1) is 6.92 Å². The Morgan fingerprint density at radius 3 is 2.75 bits per heavy atom. The smallest absolute Gasteiger partial charge is 0.0705 e. The molecule has 0 bridgehead atoms. The summed E-state index contributed by atoms with van der Waals surface area (Å²) in [4.78, 5) is 5.95. The van der Waals surface area contributed by atoms with Gasteiger partial charge in [0.15, 0.2) is 0 Å². The summed E-state index contributed by atoms with van der Waals surface area (Å²) in [7, 11) is 0. The maximum Gasteiger partial charge on any atom is 0.0705 e. The Labute approximate surface area is 123 Å². The van der Waals surface area contributed by atoms with Crippen LogP contribution in [0.1, 0.15) is 11.3 Å². The van der Waals surface area contributed by atoms with Crippen LogP contribution in [0.15, 0.2) is 59.5 Å². The van der Waals surface area contributed by atoms with Crippen LogP contribution in [0.5, 0.6) is 0 Å². The van der Waals surface area contributed by atoms with Gasteiger partial charge in [0, 0.05) is 21.7 Å². The Balaban J connectivity index is 1.79. The summed E-state index contributed by atoms with van der Waals surface area (Å²) in [6, 6.07) is 18.5. The number of hydrogen-bond donors (Lipinski definition) is 1. The Bertz CT molecular complexity index is 753. The zero-order valence-electron chi connectivity index (χ0n) is 11.3. The molecule has 0 spiro atoms. The number of nitrogen functional groups attached to an aromatic ring is 1. The third-order valence-electron chi connectivity index (χ3n) is 3.23. The second kappa shape index (κ2) is 5.55. The van der Waals surface area contributed by atoms with Crippen molar-refractivity contribution < 1.29 is 0 Å². The molecule has 2 N–H and O–H groups in total. The van der Waals surface area contributed by atoms with E-state index in [1.807, 2.05) is 24.3 Å². The van der Waals surface area contributed by atoms with Gasteiger partial charge >= 0.3 is 0 Å². The molecule has 0 aliphatic rings. The van der Waals surface area contributed by atoms with E-state index in [0.717, 1.165) is 22.7 Å². The van der Waals surface area contributed by atoms with Crippen LogP contribution >= 0.6 is 11.8 Å². The largest absolute Gasteiger partial charge is 0.399 e. The van der Waals surface area contributed by atoms with Gasteiger partial charge in [0.05, 0.1) is 11.2 Å². The van der Waals surface area contributed by atoms with Crippen LogP contribution in [0.3, 0.4) is 0 Å². The monoisotopic (exact) mass is 280 g/mol. The molecule has 3 aromatic rings. The highest BCUT2D eigenvalue weighted by Gasteiger charge is 2.02. The number of pyridine rings is 1. The Kier molecular flexibility index (Phi) is 3.61. The highest BCUT2D eigenvalue weighted by Crippen LogP contribution is 2.27. The van der Waals surface area contributed by atoms with E-state index in [2.05, 4.69) is 37.3 Å². The summed E-state index contributed by atoms with van der Waals surface area (Å²) in [5, 5.41) is 1.19. The number of hydrogen-bond acceptors (Lipinski definition) is 3. The molecular formula is C17H16N2S. The van der Waals surface area contributed by atoms with Gasteiger partial charge < -0.3 is 5.73 Å². The van der Waals surface area contributed by atoms with Crippen LogP contribution in [0.4, 0.5) is 5.69 Å². The molecule has 0 saturated heterocycles. The first-order valence-corrected chi connectivity index (χ1v) is 7.54. The van der Waals surface area contributed by atoms with Gasteiger partial charge in [-0.2, -0.15) is 0 Å². The van der Waals surface area contributed by atoms with Crippen molar-refractivity contribution in [3.8, 4) is 0 Å².